The lowest BCUT2D eigenvalue weighted by atomic mass is 9.88. The number of aryl methyl sites for hydroxylation is 1. The van der Waals surface area contributed by atoms with Gasteiger partial charge in [0.1, 0.15) is 6.33 Å². The second-order valence-corrected chi connectivity index (χ2v) is 5.57. The maximum atomic E-state index is 4.55. The van der Waals surface area contributed by atoms with Crippen LogP contribution in [0.2, 0.25) is 0 Å². The van der Waals surface area contributed by atoms with Gasteiger partial charge in [0.15, 0.2) is 0 Å². The Morgan fingerprint density at radius 3 is 2.72 bits per heavy atom. The minimum Gasteiger partial charge on any atom is -0.245 e. The van der Waals surface area contributed by atoms with Crippen molar-refractivity contribution in [2.75, 3.05) is 0 Å². The second-order valence-electron chi connectivity index (χ2n) is 5.57. The molecule has 2 heteroatoms. The van der Waals surface area contributed by atoms with Gasteiger partial charge in [-0.1, -0.05) is 45.4 Å². The summed E-state index contributed by atoms with van der Waals surface area (Å²) in [5, 5.41) is 0. The molecule has 2 nitrogen and oxygen atoms in total. The van der Waals surface area contributed by atoms with Crippen LogP contribution in [0, 0.1) is 0 Å². The second kappa shape index (κ2) is 7.50. The highest BCUT2D eigenvalue weighted by Gasteiger charge is 2.16. The zero-order valence-corrected chi connectivity index (χ0v) is 11.7. The van der Waals surface area contributed by atoms with Crippen LogP contribution in [0.1, 0.15) is 81.9 Å². The summed E-state index contributed by atoms with van der Waals surface area (Å²) in [6.45, 7) is 2.29. The highest BCUT2D eigenvalue weighted by molar-refractivity contribution is 5.21. The first kappa shape index (κ1) is 13.5. The smallest absolute Gasteiger partial charge is 0.115 e. The van der Waals surface area contributed by atoms with E-state index in [9.17, 15) is 0 Å². The molecule has 1 aliphatic rings. The monoisotopic (exact) mass is 246 g/mol. The van der Waals surface area contributed by atoms with E-state index in [-0.39, 0.29) is 0 Å². The summed E-state index contributed by atoms with van der Waals surface area (Å²) in [5.74, 6) is 0.698. The largest absolute Gasteiger partial charge is 0.245 e. The number of rotatable bonds is 2. The molecule has 1 heterocycles. The fourth-order valence-corrected chi connectivity index (χ4v) is 3.11. The quantitative estimate of drug-likeness (QED) is 0.759. The summed E-state index contributed by atoms with van der Waals surface area (Å²) in [6, 6.07) is 0. The van der Waals surface area contributed by atoms with E-state index in [0.717, 1.165) is 6.42 Å². The van der Waals surface area contributed by atoms with Gasteiger partial charge >= 0.3 is 0 Å². The van der Waals surface area contributed by atoms with Crippen molar-refractivity contribution in [2.24, 2.45) is 0 Å². The van der Waals surface area contributed by atoms with Crippen LogP contribution in [-0.4, -0.2) is 9.97 Å². The molecule has 18 heavy (non-hydrogen) atoms. The zero-order valence-electron chi connectivity index (χ0n) is 11.7. The third kappa shape index (κ3) is 3.79. The summed E-state index contributed by atoms with van der Waals surface area (Å²) in [6.07, 6.45) is 17.1. The van der Waals surface area contributed by atoms with E-state index in [4.69, 9.17) is 0 Å². The molecule has 0 N–H and O–H groups in total. The van der Waals surface area contributed by atoms with Gasteiger partial charge in [0.05, 0.1) is 0 Å². The van der Waals surface area contributed by atoms with Crippen LogP contribution in [0.15, 0.2) is 12.5 Å². The molecule has 1 aliphatic carbocycles. The molecule has 0 aliphatic heterocycles. The molecule has 0 bridgehead atoms. The predicted octanol–water partition coefficient (Wildman–Crippen LogP) is 4.65. The van der Waals surface area contributed by atoms with E-state index < -0.39 is 0 Å². The van der Waals surface area contributed by atoms with Crippen molar-refractivity contribution in [3.63, 3.8) is 0 Å². The van der Waals surface area contributed by atoms with Crippen molar-refractivity contribution < 1.29 is 0 Å². The van der Waals surface area contributed by atoms with Gasteiger partial charge in [-0.15, -0.1) is 0 Å². The van der Waals surface area contributed by atoms with E-state index in [0.29, 0.717) is 5.92 Å². The Morgan fingerprint density at radius 2 is 1.89 bits per heavy atom. The van der Waals surface area contributed by atoms with Gasteiger partial charge in [-0.3, -0.25) is 0 Å². The third-order valence-corrected chi connectivity index (χ3v) is 4.12. The minimum absolute atomic E-state index is 0.698. The number of hydrogen-bond acceptors (Lipinski definition) is 2. The third-order valence-electron chi connectivity index (χ3n) is 4.12. The summed E-state index contributed by atoms with van der Waals surface area (Å²) >= 11 is 0. The van der Waals surface area contributed by atoms with Crippen molar-refractivity contribution in [2.45, 2.75) is 77.0 Å². The number of hydrogen-bond donors (Lipinski definition) is 0. The zero-order chi connectivity index (χ0) is 12.6. The maximum Gasteiger partial charge on any atom is 0.115 e. The predicted molar refractivity (Wildman–Crippen MR) is 75.7 cm³/mol. The Labute approximate surface area is 111 Å². The van der Waals surface area contributed by atoms with Crippen molar-refractivity contribution in [1.29, 1.82) is 0 Å². The summed E-state index contributed by atoms with van der Waals surface area (Å²) in [5.41, 5.74) is 2.77. The van der Waals surface area contributed by atoms with Gasteiger partial charge < -0.3 is 0 Å². The minimum atomic E-state index is 0.698. The average molecular weight is 246 g/mol. The Balaban J connectivity index is 2.17. The van der Waals surface area contributed by atoms with Gasteiger partial charge in [-0.05, 0) is 37.2 Å². The van der Waals surface area contributed by atoms with E-state index in [1.807, 2.05) is 0 Å². The molecule has 0 fully saturated rings. The number of aromatic nitrogens is 2. The van der Waals surface area contributed by atoms with Crippen molar-refractivity contribution >= 4 is 0 Å². The van der Waals surface area contributed by atoms with Crippen LogP contribution in [0.4, 0.5) is 0 Å². The molecule has 0 aromatic carbocycles. The Kier molecular flexibility index (Phi) is 5.63. The lowest BCUT2D eigenvalue weighted by molar-refractivity contribution is 0.514. The first-order valence-electron chi connectivity index (χ1n) is 7.70. The lowest BCUT2D eigenvalue weighted by Gasteiger charge is -2.18. The number of nitrogens with zero attached hydrogens (tertiary/aromatic N) is 2. The average Bonchev–Trinajstić information content (AvgIpc) is 2.44. The van der Waals surface area contributed by atoms with Crippen molar-refractivity contribution in [1.82, 2.24) is 9.97 Å². The van der Waals surface area contributed by atoms with Gasteiger partial charge in [-0.25, -0.2) is 9.97 Å². The van der Waals surface area contributed by atoms with E-state index >= 15 is 0 Å². The Bertz CT molecular complexity index is 349. The molecular weight excluding hydrogens is 220 g/mol. The van der Waals surface area contributed by atoms with Gasteiger partial charge in [0.2, 0.25) is 0 Å². The van der Waals surface area contributed by atoms with Gasteiger partial charge in [0.25, 0.3) is 0 Å². The molecule has 0 amide bonds. The maximum absolute atomic E-state index is 4.55. The molecule has 1 unspecified atom stereocenters. The first-order chi connectivity index (χ1) is 8.92. The van der Waals surface area contributed by atoms with E-state index in [2.05, 4.69) is 23.1 Å². The van der Waals surface area contributed by atoms with Crippen LogP contribution >= 0.6 is 0 Å². The Morgan fingerprint density at radius 1 is 1.11 bits per heavy atom. The topological polar surface area (TPSA) is 25.8 Å². The fourth-order valence-electron chi connectivity index (χ4n) is 3.11. The molecule has 0 saturated heterocycles. The summed E-state index contributed by atoms with van der Waals surface area (Å²) in [4.78, 5) is 8.81. The summed E-state index contributed by atoms with van der Waals surface area (Å²) in [7, 11) is 0. The fraction of sp³-hybridized carbons (Fsp3) is 0.750. The first-order valence-corrected chi connectivity index (χ1v) is 7.70. The van der Waals surface area contributed by atoms with Crippen LogP contribution in [0.5, 0.6) is 0 Å². The normalized spacial score (nSPS) is 21.9. The van der Waals surface area contributed by atoms with Crippen molar-refractivity contribution in [3.05, 3.63) is 23.8 Å². The van der Waals surface area contributed by atoms with E-state index in [1.54, 1.807) is 6.33 Å². The van der Waals surface area contributed by atoms with Gasteiger partial charge in [-0.2, -0.15) is 0 Å². The van der Waals surface area contributed by atoms with Crippen LogP contribution in [-0.2, 0) is 6.42 Å². The van der Waals surface area contributed by atoms with E-state index in [1.165, 1.54) is 69.0 Å². The molecule has 1 atom stereocenters. The molecule has 1 aromatic heterocycles. The molecule has 2 rings (SSSR count). The molecular formula is C16H26N2. The molecule has 0 saturated carbocycles. The standard InChI is InChI=1S/C16H26N2/c1-2-9-14-10-7-5-3-4-6-8-11-16-15(14)12-17-13-18-16/h12-14H,2-11H2,1H3. The SMILES string of the molecule is CCCC1CCCCCCCCc2ncncc21. The van der Waals surface area contributed by atoms with Crippen LogP contribution in [0.25, 0.3) is 0 Å². The number of fused-ring (bicyclic) bond motifs is 1. The summed E-state index contributed by atoms with van der Waals surface area (Å²) < 4.78 is 0. The molecule has 0 radical (unpaired) electrons. The Hall–Kier alpha value is -0.920. The van der Waals surface area contributed by atoms with Crippen LogP contribution in [0.3, 0.4) is 0 Å². The molecule has 1 aromatic rings. The van der Waals surface area contributed by atoms with Crippen molar-refractivity contribution in [3.8, 4) is 0 Å². The molecule has 0 spiro atoms. The molecule has 100 valence electrons. The highest BCUT2D eigenvalue weighted by Crippen LogP contribution is 2.30. The van der Waals surface area contributed by atoms with Gasteiger partial charge in [0, 0.05) is 11.9 Å². The lowest BCUT2D eigenvalue weighted by Crippen LogP contribution is -2.06. The van der Waals surface area contributed by atoms with Crippen LogP contribution < -0.4 is 0 Å². The highest BCUT2D eigenvalue weighted by atomic mass is 14.8.